The van der Waals surface area contributed by atoms with E-state index in [4.69, 9.17) is 10.5 Å². The SMILES string of the molecule is CC(C)(C)OC(=O)NCCCNCc1ccc(-c2cnc(N)[nH]c2=O)cc1. The van der Waals surface area contributed by atoms with Crippen molar-refractivity contribution < 1.29 is 9.53 Å². The first-order chi connectivity index (χ1) is 12.7. The number of anilines is 1. The van der Waals surface area contributed by atoms with Crippen molar-refractivity contribution in [1.82, 2.24) is 20.6 Å². The van der Waals surface area contributed by atoms with Crippen LogP contribution in [0.15, 0.2) is 35.3 Å². The molecule has 5 N–H and O–H groups in total. The lowest BCUT2D eigenvalue weighted by atomic mass is 10.1. The van der Waals surface area contributed by atoms with Crippen molar-refractivity contribution in [2.24, 2.45) is 0 Å². The van der Waals surface area contributed by atoms with Crippen LogP contribution in [-0.4, -0.2) is 34.8 Å². The van der Waals surface area contributed by atoms with Gasteiger partial charge in [0.25, 0.3) is 5.56 Å². The smallest absolute Gasteiger partial charge is 0.407 e. The van der Waals surface area contributed by atoms with Gasteiger partial charge in [0, 0.05) is 19.3 Å². The van der Waals surface area contributed by atoms with Gasteiger partial charge in [-0.15, -0.1) is 0 Å². The predicted molar refractivity (Wildman–Crippen MR) is 105 cm³/mol. The molecule has 0 fully saturated rings. The summed E-state index contributed by atoms with van der Waals surface area (Å²) in [6.45, 7) is 7.51. The molecule has 146 valence electrons. The first-order valence-corrected chi connectivity index (χ1v) is 8.86. The average Bonchev–Trinajstić information content (AvgIpc) is 2.57. The fourth-order valence-electron chi connectivity index (χ4n) is 2.37. The van der Waals surface area contributed by atoms with Crippen molar-refractivity contribution in [3.05, 3.63) is 46.4 Å². The van der Waals surface area contributed by atoms with Crippen LogP contribution >= 0.6 is 0 Å². The van der Waals surface area contributed by atoms with Gasteiger partial charge < -0.3 is 21.1 Å². The molecule has 2 rings (SSSR count). The molecule has 0 radical (unpaired) electrons. The Morgan fingerprint density at radius 3 is 2.56 bits per heavy atom. The number of ether oxygens (including phenoxy) is 1. The van der Waals surface area contributed by atoms with Crippen LogP contribution < -0.4 is 21.9 Å². The molecule has 8 nitrogen and oxygen atoms in total. The number of nitrogens with two attached hydrogens (primary N) is 1. The molecular weight excluding hydrogens is 346 g/mol. The molecule has 0 unspecified atom stereocenters. The molecule has 1 heterocycles. The number of alkyl carbamates (subject to hydrolysis) is 1. The van der Waals surface area contributed by atoms with Crippen LogP contribution in [0.1, 0.15) is 32.8 Å². The fraction of sp³-hybridized carbons (Fsp3) is 0.421. The summed E-state index contributed by atoms with van der Waals surface area (Å²) in [5, 5.41) is 6.04. The Bertz CT molecular complexity index is 809. The second-order valence-electron chi connectivity index (χ2n) is 7.17. The number of hydrogen-bond donors (Lipinski definition) is 4. The number of carbonyl (C=O) groups excluding carboxylic acids is 1. The Kier molecular flexibility index (Phi) is 6.95. The number of benzene rings is 1. The molecule has 27 heavy (non-hydrogen) atoms. The molecule has 0 bridgehead atoms. The van der Waals surface area contributed by atoms with Crippen LogP contribution in [0.3, 0.4) is 0 Å². The largest absolute Gasteiger partial charge is 0.444 e. The maximum Gasteiger partial charge on any atom is 0.407 e. The van der Waals surface area contributed by atoms with E-state index in [1.54, 1.807) is 0 Å². The number of carbonyl (C=O) groups is 1. The van der Waals surface area contributed by atoms with E-state index in [0.29, 0.717) is 18.7 Å². The Hall–Kier alpha value is -2.87. The van der Waals surface area contributed by atoms with E-state index in [0.717, 1.165) is 24.1 Å². The lowest BCUT2D eigenvalue weighted by Crippen LogP contribution is -2.33. The van der Waals surface area contributed by atoms with Gasteiger partial charge in [-0.1, -0.05) is 24.3 Å². The summed E-state index contributed by atoms with van der Waals surface area (Å²) in [5.74, 6) is 0.103. The quantitative estimate of drug-likeness (QED) is 0.551. The minimum Gasteiger partial charge on any atom is -0.444 e. The highest BCUT2D eigenvalue weighted by molar-refractivity contribution is 5.67. The minimum absolute atomic E-state index is 0.103. The van der Waals surface area contributed by atoms with Crippen molar-refractivity contribution in [2.75, 3.05) is 18.8 Å². The van der Waals surface area contributed by atoms with Gasteiger partial charge in [-0.25, -0.2) is 9.78 Å². The number of rotatable bonds is 7. The number of H-pyrrole nitrogens is 1. The maximum atomic E-state index is 11.9. The van der Waals surface area contributed by atoms with E-state index in [9.17, 15) is 9.59 Å². The molecule has 1 aromatic heterocycles. The van der Waals surface area contributed by atoms with E-state index >= 15 is 0 Å². The normalized spacial score (nSPS) is 11.2. The molecule has 1 amide bonds. The average molecular weight is 373 g/mol. The third-order valence-electron chi connectivity index (χ3n) is 3.61. The molecule has 0 atom stereocenters. The summed E-state index contributed by atoms with van der Waals surface area (Å²) >= 11 is 0. The van der Waals surface area contributed by atoms with Gasteiger partial charge in [-0.05, 0) is 44.9 Å². The number of hydrogen-bond acceptors (Lipinski definition) is 6. The van der Waals surface area contributed by atoms with E-state index in [2.05, 4.69) is 20.6 Å². The summed E-state index contributed by atoms with van der Waals surface area (Å²) in [6.07, 6.45) is 1.87. The lowest BCUT2D eigenvalue weighted by molar-refractivity contribution is 0.0527. The molecule has 0 saturated heterocycles. The standard InChI is InChI=1S/C19H27N5O3/c1-19(2,3)27-18(26)22-10-4-9-21-11-13-5-7-14(8-6-13)15-12-23-17(20)24-16(15)25/h5-8,12,21H,4,9-11H2,1-3H3,(H,22,26)(H3,20,23,24,25). The Labute approximate surface area is 158 Å². The number of nitrogens with one attached hydrogen (secondary N) is 3. The molecule has 0 aliphatic rings. The summed E-state index contributed by atoms with van der Waals surface area (Å²) in [4.78, 5) is 29.8. The first-order valence-electron chi connectivity index (χ1n) is 8.86. The van der Waals surface area contributed by atoms with Crippen LogP contribution in [0.2, 0.25) is 0 Å². The zero-order valence-electron chi connectivity index (χ0n) is 16.0. The van der Waals surface area contributed by atoms with Crippen LogP contribution in [0.4, 0.5) is 10.7 Å². The number of nitrogen functional groups attached to an aromatic ring is 1. The molecular formula is C19H27N5O3. The zero-order valence-corrected chi connectivity index (χ0v) is 16.0. The minimum atomic E-state index is -0.484. The molecule has 8 heteroatoms. The molecule has 0 aliphatic heterocycles. The van der Waals surface area contributed by atoms with Gasteiger partial charge in [0.05, 0.1) is 5.56 Å². The van der Waals surface area contributed by atoms with E-state index in [1.807, 2.05) is 45.0 Å². The highest BCUT2D eigenvalue weighted by atomic mass is 16.6. The van der Waals surface area contributed by atoms with Crippen LogP contribution in [-0.2, 0) is 11.3 Å². The number of amides is 1. The van der Waals surface area contributed by atoms with Gasteiger partial charge in [0.1, 0.15) is 5.60 Å². The third-order valence-corrected chi connectivity index (χ3v) is 3.61. The molecule has 0 spiro atoms. The summed E-state index contributed by atoms with van der Waals surface area (Å²) in [7, 11) is 0. The number of aromatic amines is 1. The number of aromatic nitrogens is 2. The van der Waals surface area contributed by atoms with Crippen molar-refractivity contribution in [2.45, 2.75) is 39.3 Å². The summed E-state index contributed by atoms with van der Waals surface area (Å²) in [6, 6.07) is 7.67. The lowest BCUT2D eigenvalue weighted by Gasteiger charge is -2.19. The molecule has 2 aromatic rings. The van der Waals surface area contributed by atoms with Crippen LogP contribution in [0, 0.1) is 0 Å². The highest BCUT2D eigenvalue weighted by Gasteiger charge is 2.15. The monoisotopic (exact) mass is 373 g/mol. The van der Waals surface area contributed by atoms with E-state index in [1.165, 1.54) is 6.20 Å². The molecule has 0 aliphatic carbocycles. The maximum absolute atomic E-state index is 11.9. The molecule has 1 aromatic carbocycles. The highest BCUT2D eigenvalue weighted by Crippen LogP contribution is 2.15. The van der Waals surface area contributed by atoms with Crippen molar-refractivity contribution in [3.63, 3.8) is 0 Å². The van der Waals surface area contributed by atoms with Crippen LogP contribution in [0.5, 0.6) is 0 Å². The first kappa shape index (κ1) is 20.4. The van der Waals surface area contributed by atoms with Gasteiger partial charge in [0.15, 0.2) is 5.95 Å². The van der Waals surface area contributed by atoms with Crippen molar-refractivity contribution in [3.8, 4) is 11.1 Å². The van der Waals surface area contributed by atoms with Crippen molar-refractivity contribution >= 4 is 12.0 Å². The van der Waals surface area contributed by atoms with Gasteiger partial charge in [-0.3, -0.25) is 9.78 Å². The second kappa shape index (κ2) is 9.18. The molecule has 0 saturated carbocycles. The Morgan fingerprint density at radius 1 is 1.22 bits per heavy atom. The predicted octanol–water partition coefficient (Wildman–Crippen LogP) is 2.02. The van der Waals surface area contributed by atoms with Crippen LogP contribution in [0.25, 0.3) is 11.1 Å². The van der Waals surface area contributed by atoms with E-state index in [-0.39, 0.29) is 11.5 Å². The zero-order chi connectivity index (χ0) is 19.9. The van der Waals surface area contributed by atoms with Gasteiger partial charge >= 0.3 is 6.09 Å². The van der Waals surface area contributed by atoms with Gasteiger partial charge in [0.2, 0.25) is 0 Å². The number of nitrogens with zero attached hydrogens (tertiary/aromatic N) is 1. The fourth-order valence-corrected chi connectivity index (χ4v) is 2.37. The third kappa shape index (κ3) is 7.10. The summed E-state index contributed by atoms with van der Waals surface area (Å²) in [5.41, 5.74) is 7.08. The van der Waals surface area contributed by atoms with Gasteiger partial charge in [-0.2, -0.15) is 0 Å². The van der Waals surface area contributed by atoms with E-state index < -0.39 is 11.7 Å². The summed E-state index contributed by atoms with van der Waals surface area (Å²) < 4.78 is 5.17. The topological polar surface area (TPSA) is 122 Å². The van der Waals surface area contributed by atoms with Crippen molar-refractivity contribution in [1.29, 1.82) is 0 Å². The Morgan fingerprint density at radius 2 is 1.93 bits per heavy atom. The second-order valence-corrected chi connectivity index (χ2v) is 7.17. The Balaban J connectivity index is 1.71.